The molecule has 0 fully saturated rings. The quantitative estimate of drug-likeness (QED) is 0.445. The predicted octanol–water partition coefficient (Wildman–Crippen LogP) is 4.54. The summed E-state index contributed by atoms with van der Waals surface area (Å²) in [4.78, 5) is 30.9. The van der Waals surface area contributed by atoms with Crippen LogP contribution < -0.4 is 14.8 Å². The standard InChI is InChI=1S/C25H27N3O4S/c1-4-28(15-24(29)27-20-8-6-9-22(14-20)31-3)25(30)12-11-19-7-5-10-23(13-19)32-16-21-17-33-18(2)26-21/h5-14,17H,4,15-16H2,1-3H3,(H,27,29)/b12-11+. The van der Waals surface area contributed by atoms with Gasteiger partial charge in [0.05, 0.1) is 17.8 Å². The van der Waals surface area contributed by atoms with Crippen LogP contribution in [0.4, 0.5) is 5.69 Å². The van der Waals surface area contributed by atoms with Crippen LogP contribution in [0.25, 0.3) is 6.08 Å². The number of aromatic nitrogens is 1. The molecule has 0 atom stereocenters. The highest BCUT2D eigenvalue weighted by Gasteiger charge is 2.13. The number of ether oxygens (including phenoxy) is 2. The number of hydrogen-bond acceptors (Lipinski definition) is 6. The number of aryl methyl sites for hydroxylation is 1. The fourth-order valence-electron chi connectivity index (χ4n) is 3.03. The van der Waals surface area contributed by atoms with Crippen molar-refractivity contribution >= 4 is 34.9 Å². The summed E-state index contributed by atoms with van der Waals surface area (Å²) in [6.07, 6.45) is 3.18. The molecular weight excluding hydrogens is 438 g/mol. The second-order valence-electron chi connectivity index (χ2n) is 7.18. The van der Waals surface area contributed by atoms with Gasteiger partial charge in [-0.05, 0) is 49.8 Å². The molecule has 172 valence electrons. The SMILES string of the molecule is CCN(CC(=O)Nc1cccc(OC)c1)C(=O)/C=C/c1cccc(OCc2csc(C)n2)c1. The Balaban J connectivity index is 1.55. The summed E-state index contributed by atoms with van der Waals surface area (Å²) in [5.74, 6) is 0.814. The molecule has 0 radical (unpaired) electrons. The van der Waals surface area contributed by atoms with Gasteiger partial charge < -0.3 is 19.7 Å². The van der Waals surface area contributed by atoms with Crippen molar-refractivity contribution in [3.8, 4) is 11.5 Å². The molecule has 2 aromatic carbocycles. The molecule has 1 N–H and O–H groups in total. The first-order chi connectivity index (χ1) is 16.0. The summed E-state index contributed by atoms with van der Waals surface area (Å²) in [5, 5.41) is 5.76. The Labute approximate surface area is 197 Å². The zero-order chi connectivity index (χ0) is 23.6. The molecule has 0 aliphatic heterocycles. The van der Waals surface area contributed by atoms with Crippen molar-refractivity contribution in [3.63, 3.8) is 0 Å². The number of likely N-dealkylation sites (N-methyl/N-ethyl adjacent to an activating group) is 1. The van der Waals surface area contributed by atoms with Crippen molar-refractivity contribution in [3.05, 3.63) is 76.3 Å². The van der Waals surface area contributed by atoms with Gasteiger partial charge in [0.25, 0.3) is 0 Å². The van der Waals surface area contributed by atoms with Gasteiger partial charge in [-0.2, -0.15) is 0 Å². The Morgan fingerprint density at radius 2 is 1.94 bits per heavy atom. The molecular formula is C25H27N3O4S. The Hall–Kier alpha value is -3.65. The van der Waals surface area contributed by atoms with Crippen molar-refractivity contribution in [2.24, 2.45) is 0 Å². The molecule has 3 rings (SSSR count). The topological polar surface area (TPSA) is 80.8 Å². The number of carbonyl (C=O) groups is 2. The van der Waals surface area contributed by atoms with Gasteiger partial charge in [-0.3, -0.25) is 9.59 Å². The van der Waals surface area contributed by atoms with E-state index in [9.17, 15) is 9.59 Å². The average molecular weight is 466 g/mol. The van der Waals surface area contributed by atoms with Crippen LogP contribution in [0.5, 0.6) is 11.5 Å². The lowest BCUT2D eigenvalue weighted by molar-refractivity contribution is -0.130. The number of amides is 2. The van der Waals surface area contributed by atoms with Gasteiger partial charge in [-0.25, -0.2) is 4.98 Å². The summed E-state index contributed by atoms with van der Waals surface area (Å²) in [7, 11) is 1.56. The fraction of sp³-hybridized carbons (Fsp3) is 0.240. The Morgan fingerprint density at radius 3 is 2.67 bits per heavy atom. The minimum atomic E-state index is -0.278. The molecule has 0 aliphatic rings. The normalized spacial score (nSPS) is 10.8. The van der Waals surface area contributed by atoms with E-state index in [1.165, 1.54) is 11.0 Å². The van der Waals surface area contributed by atoms with Crippen LogP contribution in [0, 0.1) is 6.92 Å². The molecule has 3 aromatic rings. The summed E-state index contributed by atoms with van der Waals surface area (Å²) in [5.41, 5.74) is 2.33. The molecule has 0 unspecified atom stereocenters. The maximum Gasteiger partial charge on any atom is 0.247 e. The van der Waals surface area contributed by atoms with E-state index in [4.69, 9.17) is 9.47 Å². The summed E-state index contributed by atoms with van der Waals surface area (Å²) >= 11 is 1.59. The van der Waals surface area contributed by atoms with E-state index in [2.05, 4.69) is 10.3 Å². The lowest BCUT2D eigenvalue weighted by Gasteiger charge is -2.18. The van der Waals surface area contributed by atoms with Gasteiger partial charge in [0.1, 0.15) is 24.7 Å². The number of methoxy groups -OCH3 is 1. The third-order valence-electron chi connectivity index (χ3n) is 4.71. The van der Waals surface area contributed by atoms with Gasteiger partial charge in [0, 0.05) is 29.8 Å². The fourth-order valence-corrected chi connectivity index (χ4v) is 3.63. The predicted molar refractivity (Wildman–Crippen MR) is 131 cm³/mol. The number of rotatable bonds is 10. The molecule has 7 nitrogen and oxygen atoms in total. The van der Waals surface area contributed by atoms with E-state index in [1.54, 1.807) is 48.8 Å². The van der Waals surface area contributed by atoms with Gasteiger partial charge in [-0.1, -0.05) is 18.2 Å². The van der Waals surface area contributed by atoms with Crippen molar-refractivity contribution in [2.75, 3.05) is 25.5 Å². The second kappa shape index (κ2) is 11.8. The highest BCUT2D eigenvalue weighted by atomic mass is 32.1. The number of nitrogens with zero attached hydrogens (tertiary/aromatic N) is 2. The van der Waals surface area contributed by atoms with Crippen LogP contribution in [0.15, 0.2) is 60.0 Å². The van der Waals surface area contributed by atoms with Crippen LogP contribution in [0.1, 0.15) is 23.2 Å². The van der Waals surface area contributed by atoms with E-state index in [-0.39, 0.29) is 18.4 Å². The van der Waals surface area contributed by atoms with E-state index >= 15 is 0 Å². The summed E-state index contributed by atoms with van der Waals surface area (Å²) in [6.45, 7) is 4.54. The number of hydrogen-bond donors (Lipinski definition) is 1. The number of nitrogens with one attached hydrogen (secondary N) is 1. The zero-order valence-electron chi connectivity index (χ0n) is 18.9. The maximum atomic E-state index is 12.6. The largest absolute Gasteiger partial charge is 0.497 e. The first-order valence-corrected chi connectivity index (χ1v) is 11.4. The molecule has 0 spiro atoms. The molecule has 2 amide bonds. The highest BCUT2D eigenvalue weighted by Crippen LogP contribution is 2.18. The van der Waals surface area contributed by atoms with E-state index in [0.717, 1.165) is 16.3 Å². The molecule has 1 heterocycles. The number of benzene rings is 2. The lowest BCUT2D eigenvalue weighted by atomic mass is 10.2. The van der Waals surface area contributed by atoms with Gasteiger partial charge in [0.2, 0.25) is 11.8 Å². The lowest BCUT2D eigenvalue weighted by Crippen LogP contribution is -2.36. The van der Waals surface area contributed by atoms with Crippen molar-refractivity contribution in [1.29, 1.82) is 0 Å². The molecule has 0 saturated heterocycles. The van der Waals surface area contributed by atoms with Crippen LogP contribution >= 0.6 is 11.3 Å². The van der Waals surface area contributed by atoms with Crippen LogP contribution in [-0.2, 0) is 16.2 Å². The first kappa shape index (κ1) is 24.0. The summed E-state index contributed by atoms with van der Waals surface area (Å²) < 4.78 is 11.0. The first-order valence-electron chi connectivity index (χ1n) is 10.5. The number of carbonyl (C=O) groups excluding carboxylic acids is 2. The third kappa shape index (κ3) is 7.47. The molecule has 0 bridgehead atoms. The van der Waals surface area contributed by atoms with Crippen molar-refractivity contribution in [1.82, 2.24) is 9.88 Å². The van der Waals surface area contributed by atoms with Gasteiger partial charge in [-0.15, -0.1) is 11.3 Å². The average Bonchev–Trinajstić information content (AvgIpc) is 3.25. The maximum absolute atomic E-state index is 12.6. The highest BCUT2D eigenvalue weighted by molar-refractivity contribution is 7.09. The molecule has 0 saturated carbocycles. The zero-order valence-corrected chi connectivity index (χ0v) is 19.7. The smallest absolute Gasteiger partial charge is 0.247 e. The van der Waals surface area contributed by atoms with E-state index in [1.807, 2.05) is 43.5 Å². The van der Waals surface area contributed by atoms with Gasteiger partial charge in [0.15, 0.2) is 0 Å². The van der Waals surface area contributed by atoms with Crippen LogP contribution in [0.2, 0.25) is 0 Å². The van der Waals surface area contributed by atoms with Gasteiger partial charge >= 0.3 is 0 Å². The van der Waals surface area contributed by atoms with E-state index in [0.29, 0.717) is 30.3 Å². The van der Waals surface area contributed by atoms with Crippen LogP contribution in [0.3, 0.4) is 0 Å². The number of anilines is 1. The minimum absolute atomic E-state index is 0.0485. The molecule has 1 aromatic heterocycles. The second-order valence-corrected chi connectivity index (χ2v) is 8.25. The minimum Gasteiger partial charge on any atom is -0.497 e. The Bertz CT molecular complexity index is 1130. The Morgan fingerprint density at radius 1 is 1.15 bits per heavy atom. The molecule has 8 heteroatoms. The van der Waals surface area contributed by atoms with E-state index < -0.39 is 0 Å². The van der Waals surface area contributed by atoms with Crippen molar-refractivity contribution in [2.45, 2.75) is 20.5 Å². The molecule has 0 aliphatic carbocycles. The van der Waals surface area contributed by atoms with Crippen molar-refractivity contribution < 1.29 is 19.1 Å². The van der Waals surface area contributed by atoms with Crippen LogP contribution in [-0.4, -0.2) is 41.9 Å². The third-order valence-corrected chi connectivity index (χ3v) is 5.53. The molecule has 33 heavy (non-hydrogen) atoms. The Kier molecular flexibility index (Phi) is 8.60. The summed E-state index contributed by atoms with van der Waals surface area (Å²) in [6, 6.07) is 14.5. The number of thiazole rings is 1. The monoisotopic (exact) mass is 465 g/mol.